The zero-order chi connectivity index (χ0) is 13.8. The molecular weight excluding hydrogens is 264 g/mol. The second kappa shape index (κ2) is 5.97. The molecule has 7 heteroatoms. The lowest BCUT2D eigenvalue weighted by molar-refractivity contribution is 0.571. The van der Waals surface area contributed by atoms with E-state index in [1.807, 2.05) is 25.5 Å². The molecule has 0 spiro atoms. The van der Waals surface area contributed by atoms with Gasteiger partial charge in [-0.3, -0.25) is 4.68 Å². The van der Waals surface area contributed by atoms with Crippen molar-refractivity contribution in [2.75, 3.05) is 11.9 Å². The van der Waals surface area contributed by atoms with Gasteiger partial charge in [-0.2, -0.15) is 5.10 Å². The molecule has 6 nitrogen and oxygen atoms in total. The van der Waals surface area contributed by atoms with Gasteiger partial charge >= 0.3 is 0 Å². The molecule has 2 heterocycles. The van der Waals surface area contributed by atoms with Gasteiger partial charge in [0.05, 0.1) is 6.20 Å². The highest BCUT2D eigenvalue weighted by Gasteiger charge is 2.04. The third kappa shape index (κ3) is 3.64. The molecule has 2 rings (SSSR count). The van der Waals surface area contributed by atoms with Gasteiger partial charge in [0.15, 0.2) is 0 Å². The summed E-state index contributed by atoms with van der Waals surface area (Å²) in [5.74, 6) is 3.13. The van der Waals surface area contributed by atoms with E-state index in [0.717, 1.165) is 31.2 Å². The van der Waals surface area contributed by atoms with E-state index in [1.54, 1.807) is 6.20 Å². The molecule has 0 unspecified atom stereocenters. The Morgan fingerprint density at radius 2 is 2.00 bits per heavy atom. The first-order valence-electron chi connectivity index (χ1n) is 6.17. The smallest absolute Gasteiger partial charge is 0.148 e. The molecule has 19 heavy (non-hydrogen) atoms. The van der Waals surface area contributed by atoms with Crippen LogP contribution >= 0.6 is 11.6 Å². The standard InChI is InChI=1S/C12H17ClN6/c1-8-15-7-11(13)12(17-8)14-5-4-6-19-10(3)16-9(2)18-19/h7H,4-6H2,1-3H3,(H,14,15,17). The van der Waals surface area contributed by atoms with Crippen molar-refractivity contribution in [3.05, 3.63) is 28.7 Å². The van der Waals surface area contributed by atoms with E-state index in [-0.39, 0.29) is 0 Å². The van der Waals surface area contributed by atoms with Gasteiger partial charge in [0.1, 0.15) is 28.3 Å². The Balaban J connectivity index is 1.84. The van der Waals surface area contributed by atoms with Gasteiger partial charge in [0.2, 0.25) is 0 Å². The summed E-state index contributed by atoms with van der Waals surface area (Å²) in [4.78, 5) is 12.5. The van der Waals surface area contributed by atoms with Gasteiger partial charge < -0.3 is 5.32 Å². The van der Waals surface area contributed by atoms with Crippen molar-refractivity contribution in [1.82, 2.24) is 24.7 Å². The van der Waals surface area contributed by atoms with Crippen LogP contribution in [0.4, 0.5) is 5.82 Å². The summed E-state index contributed by atoms with van der Waals surface area (Å²) in [7, 11) is 0. The second-order valence-electron chi connectivity index (χ2n) is 4.32. The Hall–Kier alpha value is -1.69. The highest BCUT2D eigenvalue weighted by Crippen LogP contribution is 2.17. The summed E-state index contributed by atoms with van der Waals surface area (Å²) < 4.78 is 1.91. The monoisotopic (exact) mass is 280 g/mol. The minimum Gasteiger partial charge on any atom is -0.369 e. The van der Waals surface area contributed by atoms with E-state index in [1.165, 1.54) is 0 Å². The minimum atomic E-state index is 0.540. The molecule has 0 saturated heterocycles. The van der Waals surface area contributed by atoms with Gasteiger partial charge in [-0.25, -0.2) is 15.0 Å². The summed E-state index contributed by atoms with van der Waals surface area (Å²) in [5.41, 5.74) is 0. The van der Waals surface area contributed by atoms with Crippen LogP contribution in [-0.2, 0) is 6.54 Å². The van der Waals surface area contributed by atoms with E-state index in [2.05, 4.69) is 25.4 Å². The fraction of sp³-hybridized carbons (Fsp3) is 0.500. The lowest BCUT2D eigenvalue weighted by atomic mass is 10.4. The predicted octanol–water partition coefficient (Wildman–Crippen LogP) is 2.15. The maximum atomic E-state index is 6.01. The highest BCUT2D eigenvalue weighted by molar-refractivity contribution is 6.32. The molecule has 0 fully saturated rings. The van der Waals surface area contributed by atoms with Crippen molar-refractivity contribution in [1.29, 1.82) is 0 Å². The molecule has 0 saturated carbocycles. The molecule has 0 aromatic carbocycles. The Labute approximate surface area is 117 Å². The number of hydrogen-bond donors (Lipinski definition) is 1. The van der Waals surface area contributed by atoms with Crippen molar-refractivity contribution in [3.63, 3.8) is 0 Å². The fourth-order valence-corrected chi connectivity index (χ4v) is 1.95. The topological polar surface area (TPSA) is 68.5 Å². The lowest BCUT2D eigenvalue weighted by Crippen LogP contribution is -2.10. The predicted molar refractivity (Wildman–Crippen MR) is 74.4 cm³/mol. The normalized spacial score (nSPS) is 10.7. The van der Waals surface area contributed by atoms with Gasteiger partial charge in [0.25, 0.3) is 0 Å². The van der Waals surface area contributed by atoms with Crippen LogP contribution in [0.3, 0.4) is 0 Å². The molecule has 0 aliphatic heterocycles. The molecule has 0 radical (unpaired) electrons. The van der Waals surface area contributed by atoms with Crippen molar-refractivity contribution >= 4 is 17.4 Å². The average molecular weight is 281 g/mol. The zero-order valence-electron chi connectivity index (χ0n) is 11.3. The van der Waals surface area contributed by atoms with Gasteiger partial charge in [-0.1, -0.05) is 11.6 Å². The third-order valence-corrected chi connectivity index (χ3v) is 2.94. The van der Waals surface area contributed by atoms with Gasteiger partial charge in [-0.15, -0.1) is 0 Å². The van der Waals surface area contributed by atoms with E-state index >= 15 is 0 Å². The quantitative estimate of drug-likeness (QED) is 0.850. The second-order valence-corrected chi connectivity index (χ2v) is 4.73. The van der Waals surface area contributed by atoms with E-state index < -0.39 is 0 Å². The first-order valence-corrected chi connectivity index (χ1v) is 6.55. The molecular formula is C12H17ClN6. The first kappa shape index (κ1) is 13.7. The molecule has 102 valence electrons. The molecule has 0 aliphatic rings. The summed E-state index contributed by atoms with van der Waals surface area (Å²) in [6, 6.07) is 0. The van der Waals surface area contributed by atoms with Crippen LogP contribution in [0.5, 0.6) is 0 Å². The van der Waals surface area contributed by atoms with E-state index in [4.69, 9.17) is 11.6 Å². The molecule has 2 aromatic rings. The number of halogens is 1. The van der Waals surface area contributed by atoms with Crippen LogP contribution in [0.15, 0.2) is 6.20 Å². The van der Waals surface area contributed by atoms with Crippen LogP contribution in [0.1, 0.15) is 23.9 Å². The summed E-state index contributed by atoms with van der Waals surface area (Å²) in [6.45, 7) is 7.28. The SMILES string of the molecule is Cc1ncc(Cl)c(NCCCn2nc(C)nc2C)n1. The minimum absolute atomic E-state index is 0.540. The Bertz CT molecular complexity index is 565. The highest BCUT2D eigenvalue weighted by atomic mass is 35.5. The largest absolute Gasteiger partial charge is 0.369 e. The van der Waals surface area contributed by atoms with Crippen LogP contribution < -0.4 is 5.32 Å². The number of nitrogens with one attached hydrogen (secondary N) is 1. The van der Waals surface area contributed by atoms with Crippen molar-refractivity contribution in [3.8, 4) is 0 Å². The maximum absolute atomic E-state index is 6.01. The Kier molecular flexibility index (Phi) is 4.31. The van der Waals surface area contributed by atoms with Crippen LogP contribution in [0.2, 0.25) is 5.02 Å². The molecule has 0 amide bonds. The van der Waals surface area contributed by atoms with Crippen LogP contribution in [0, 0.1) is 20.8 Å². The number of nitrogens with zero attached hydrogens (tertiary/aromatic N) is 5. The van der Waals surface area contributed by atoms with Crippen molar-refractivity contribution in [2.24, 2.45) is 0 Å². The molecule has 1 N–H and O–H groups in total. The number of rotatable bonds is 5. The zero-order valence-corrected chi connectivity index (χ0v) is 12.1. The summed E-state index contributed by atoms with van der Waals surface area (Å²) >= 11 is 6.01. The molecule has 0 bridgehead atoms. The van der Waals surface area contributed by atoms with Crippen molar-refractivity contribution < 1.29 is 0 Å². The average Bonchev–Trinajstić information content (AvgIpc) is 2.67. The van der Waals surface area contributed by atoms with E-state index in [9.17, 15) is 0 Å². The number of anilines is 1. The van der Waals surface area contributed by atoms with Crippen LogP contribution in [0.25, 0.3) is 0 Å². The summed E-state index contributed by atoms with van der Waals surface area (Å²) in [6.07, 6.45) is 2.53. The Morgan fingerprint density at radius 3 is 2.68 bits per heavy atom. The van der Waals surface area contributed by atoms with Crippen LogP contribution in [-0.4, -0.2) is 31.3 Å². The first-order chi connectivity index (χ1) is 9.06. The molecule has 0 aliphatic carbocycles. The van der Waals surface area contributed by atoms with Gasteiger partial charge in [0, 0.05) is 13.1 Å². The van der Waals surface area contributed by atoms with E-state index in [0.29, 0.717) is 16.7 Å². The Morgan fingerprint density at radius 1 is 1.21 bits per heavy atom. The maximum Gasteiger partial charge on any atom is 0.148 e. The van der Waals surface area contributed by atoms with Gasteiger partial charge in [-0.05, 0) is 27.2 Å². The number of aryl methyl sites for hydroxylation is 4. The molecule has 0 atom stereocenters. The number of aromatic nitrogens is 5. The number of hydrogen-bond acceptors (Lipinski definition) is 5. The lowest BCUT2D eigenvalue weighted by Gasteiger charge is -2.08. The summed E-state index contributed by atoms with van der Waals surface area (Å²) in [5, 5.41) is 8.06. The fourth-order valence-electron chi connectivity index (χ4n) is 1.79. The van der Waals surface area contributed by atoms with Crippen molar-refractivity contribution in [2.45, 2.75) is 33.7 Å². The third-order valence-electron chi connectivity index (χ3n) is 2.67. The molecule has 2 aromatic heterocycles.